The van der Waals surface area contributed by atoms with Crippen LogP contribution in [-0.4, -0.2) is 37.9 Å². The van der Waals surface area contributed by atoms with Crippen molar-refractivity contribution in [3.8, 4) is 0 Å². The topological polar surface area (TPSA) is 78.9 Å². The van der Waals surface area contributed by atoms with E-state index >= 15 is 0 Å². The maximum absolute atomic E-state index is 13.6. The average Bonchev–Trinajstić information content (AvgIpc) is 3.15. The van der Waals surface area contributed by atoms with Crippen LogP contribution in [0.3, 0.4) is 0 Å². The Hall–Kier alpha value is -2.47. The summed E-state index contributed by atoms with van der Waals surface area (Å²) in [5.74, 6) is -1.53. The van der Waals surface area contributed by atoms with Crippen LogP contribution in [0.2, 0.25) is 0 Å². The molecule has 1 aromatic carbocycles. The number of fused-ring (bicyclic) bond motifs is 1. The SMILES string of the molecule is COC1=C[C@@]23C(=O)[C@@H](C1=O)[C@](C)(COC(C)=O)[C@@H]2CC[C@@H]3COCc1ccccc1. The summed E-state index contributed by atoms with van der Waals surface area (Å²) in [6.07, 6.45) is 3.34. The summed E-state index contributed by atoms with van der Waals surface area (Å²) in [4.78, 5) is 38.2. The number of carbonyl (C=O) groups is 3. The smallest absolute Gasteiger partial charge is 0.302 e. The largest absolute Gasteiger partial charge is 0.493 e. The molecule has 2 fully saturated rings. The van der Waals surface area contributed by atoms with Crippen molar-refractivity contribution in [2.45, 2.75) is 33.3 Å². The second kappa shape index (κ2) is 7.65. The summed E-state index contributed by atoms with van der Waals surface area (Å²) in [7, 11) is 1.46. The number of ketones is 2. The van der Waals surface area contributed by atoms with E-state index in [0.29, 0.717) is 13.2 Å². The molecule has 0 N–H and O–H groups in total. The molecule has 6 heteroatoms. The molecule has 0 radical (unpaired) electrons. The summed E-state index contributed by atoms with van der Waals surface area (Å²) in [6.45, 7) is 4.20. The van der Waals surface area contributed by atoms with Gasteiger partial charge in [-0.05, 0) is 36.3 Å². The molecule has 5 atom stereocenters. The Labute approximate surface area is 176 Å². The molecule has 0 aliphatic heterocycles. The van der Waals surface area contributed by atoms with Gasteiger partial charge in [0.2, 0.25) is 5.78 Å². The van der Waals surface area contributed by atoms with E-state index in [1.54, 1.807) is 6.08 Å². The van der Waals surface area contributed by atoms with Gasteiger partial charge in [0.15, 0.2) is 11.5 Å². The Bertz CT molecular complexity index is 890. The minimum absolute atomic E-state index is 0.0429. The molecule has 0 saturated heterocycles. The fourth-order valence-corrected chi connectivity index (χ4v) is 5.98. The van der Waals surface area contributed by atoms with Crippen LogP contribution >= 0.6 is 0 Å². The van der Waals surface area contributed by atoms with Crippen molar-refractivity contribution in [2.75, 3.05) is 20.3 Å². The molecule has 2 saturated carbocycles. The molecular weight excluding hydrogens is 384 g/mol. The lowest BCUT2D eigenvalue weighted by atomic mass is 9.68. The van der Waals surface area contributed by atoms with Crippen molar-refractivity contribution in [2.24, 2.45) is 28.6 Å². The summed E-state index contributed by atoms with van der Waals surface area (Å²) in [5, 5.41) is 0. The van der Waals surface area contributed by atoms with Gasteiger partial charge in [0.25, 0.3) is 0 Å². The third kappa shape index (κ3) is 3.00. The van der Waals surface area contributed by atoms with Crippen LogP contribution in [0, 0.1) is 28.6 Å². The Morgan fingerprint density at radius 1 is 1.17 bits per heavy atom. The number of methoxy groups -OCH3 is 1. The van der Waals surface area contributed by atoms with E-state index in [-0.39, 0.29) is 35.8 Å². The van der Waals surface area contributed by atoms with Gasteiger partial charge in [0.1, 0.15) is 0 Å². The lowest BCUT2D eigenvalue weighted by Crippen LogP contribution is -2.43. The summed E-state index contributed by atoms with van der Waals surface area (Å²) < 4.78 is 16.7. The van der Waals surface area contributed by atoms with Crippen LogP contribution in [0.1, 0.15) is 32.3 Å². The zero-order valence-corrected chi connectivity index (χ0v) is 17.7. The van der Waals surface area contributed by atoms with Gasteiger partial charge in [-0.2, -0.15) is 0 Å². The van der Waals surface area contributed by atoms with Gasteiger partial charge in [0, 0.05) is 12.3 Å². The summed E-state index contributed by atoms with van der Waals surface area (Å²) in [6, 6.07) is 9.90. The highest BCUT2D eigenvalue weighted by Crippen LogP contribution is 2.68. The maximum Gasteiger partial charge on any atom is 0.302 e. The molecule has 1 spiro atoms. The van der Waals surface area contributed by atoms with Crippen molar-refractivity contribution in [1.82, 2.24) is 0 Å². The second-order valence-electron chi connectivity index (χ2n) is 8.92. The third-order valence-corrected chi connectivity index (χ3v) is 7.31. The number of ether oxygens (including phenoxy) is 3. The number of hydrogen-bond donors (Lipinski definition) is 0. The first kappa shape index (κ1) is 20.8. The van der Waals surface area contributed by atoms with E-state index in [2.05, 4.69) is 0 Å². The lowest BCUT2D eigenvalue weighted by Gasteiger charge is -2.35. The van der Waals surface area contributed by atoms with Gasteiger partial charge < -0.3 is 14.2 Å². The van der Waals surface area contributed by atoms with Gasteiger partial charge in [-0.25, -0.2) is 0 Å². The van der Waals surface area contributed by atoms with Gasteiger partial charge in [-0.1, -0.05) is 37.3 Å². The zero-order chi connectivity index (χ0) is 21.5. The molecule has 160 valence electrons. The number of carbonyl (C=O) groups excluding carboxylic acids is 3. The number of rotatable bonds is 7. The van der Waals surface area contributed by atoms with Crippen LogP contribution in [0.25, 0.3) is 0 Å². The maximum atomic E-state index is 13.6. The Morgan fingerprint density at radius 3 is 2.57 bits per heavy atom. The highest BCUT2D eigenvalue weighted by atomic mass is 16.5. The van der Waals surface area contributed by atoms with Gasteiger partial charge in [-0.15, -0.1) is 0 Å². The molecule has 1 aromatic rings. The lowest BCUT2D eigenvalue weighted by molar-refractivity contribution is -0.150. The Balaban J connectivity index is 1.63. The third-order valence-electron chi connectivity index (χ3n) is 7.31. The van der Waals surface area contributed by atoms with Gasteiger partial charge >= 0.3 is 5.97 Å². The van der Waals surface area contributed by atoms with Crippen LogP contribution < -0.4 is 0 Å². The first-order chi connectivity index (χ1) is 14.3. The van der Waals surface area contributed by atoms with Gasteiger partial charge in [-0.3, -0.25) is 14.4 Å². The molecule has 6 nitrogen and oxygen atoms in total. The monoisotopic (exact) mass is 412 g/mol. The highest BCUT2D eigenvalue weighted by Gasteiger charge is 2.73. The van der Waals surface area contributed by atoms with Crippen molar-refractivity contribution < 1.29 is 28.6 Å². The quantitative estimate of drug-likeness (QED) is 0.506. The molecule has 0 unspecified atom stereocenters. The molecule has 0 heterocycles. The highest BCUT2D eigenvalue weighted by molar-refractivity contribution is 6.17. The van der Waals surface area contributed by atoms with Crippen LogP contribution in [0.5, 0.6) is 0 Å². The molecule has 3 aliphatic carbocycles. The Kier molecular flexibility index (Phi) is 5.30. The molecule has 3 aliphatic rings. The van der Waals surface area contributed by atoms with E-state index in [4.69, 9.17) is 14.2 Å². The van der Waals surface area contributed by atoms with Crippen LogP contribution in [-0.2, 0) is 35.2 Å². The average molecular weight is 412 g/mol. The van der Waals surface area contributed by atoms with Crippen LogP contribution in [0.15, 0.2) is 42.2 Å². The van der Waals surface area contributed by atoms with E-state index in [1.807, 2.05) is 37.3 Å². The van der Waals surface area contributed by atoms with Crippen LogP contribution in [0.4, 0.5) is 0 Å². The van der Waals surface area contributed by atoms with Crippen molar-refractivity contribution >= 4 is 17.5 Å². The minimum atomic E-state index is -0.848. The first-order valence-electron chi connectivity index (χ1n) is 10.4. The standard InChI is InChI=1S/C24H28O6/c1-15(25)30-14-23(2)19-10-9-17(13-29-12-16-7-5-4-6-8-16)24(19)11-18(28-3)21(26)20(23)22(24)27/h4-8,11,17,19-20H,9-10,12-14H2,1-3H3/t17-,19+,20-,23-,24+/m1/s1. The fraction of sp³-hybridized carbons (Fsp3) is 0.542. The number of hydrogen-bond acceptors (Lipinski definition) is 6. The molecular formula is C24H28O6. The van der Waals surface area contributed by atoms with E-state index in [9.17, 15) is 14.4 Å². The summed E-state index contributed by atoms with van der Waals surface area (Å²) in [5.41, 5.74) is -0.480. The van der Waals surface area contributed by atoms with Crippen molar-refractivity contribution in [1.29, 1.82) is 0 Å². The van der Waals surface area contributed by atoms with E-state index < -0.39 is 22.7 Å². The molecule has 2 bridgehead atoms. The molecule has 30 heavy (non-hydrogen) atoms. The second-order valence-corrected chi connectivity index (χ2v) is 8.92. The Morgan fingerprint density at radius 2 is 1.90 bits per heavy atom. The fourth-order valence-electron chi connectivity index (χ4n) is 5.98. The first-order valence-corrected chi connectivity index (χ1v) is 10.4. The predicted molar refractivity (Wildman–Crippen MR) is 108 cm³/mol. The van der Waals surface area contributed by atoms with Crippen molar-refractivity contribution in [3.05, 3.63) is 47.7 Å². The molecule has 0 aromatic heterocycles. The van der Waals surface area contributed by atoms with Crippen molar-refractivity contribution in [3.63, 3.8) is 0 Å². The van der Waals surface area contributed by atoms with Gasteiger partial charge in [0.05, 0.1) is 38.3 Å². The minimum Gasteiger partial charge on any atom is -0.493 e. The predicted octanol–water partition coefficient (Wildman–Crippen LogP) is 3.10. The normalized spacial score (nSPS) is 34.5. The number of Topliss-reactive ketones (excluding diaryl/α,β-unsaturated/α-hetero) is 2. The van der Waals surface area contributed by atoms with E-state index in [0.717, 1.165) is 18.4 Å². The zero-order valence-electron chi connectivity index (χ0n) is 17.7. The summed E-state index contributed by atoms with van der Waals surface area (Å²) >= 11 is 0. The molecule has 4 rings (SSSR count). The van der Waals surface area contributed by atoms with E-state index in [1.165, 1.54) is 14.0 Å². The number of benzene rings is 1. The molecule has 0 amide bonds. The number of allylic oxidation sites excluding steroid dienone is 2. The number of esters is 1.